The molecule has 0 saturated carbocycles. The van der Waals surface area contributed by atoms with Crippen LogP contribution in [0.2, 0.25) is 0 Å². The SMILES string of the molecule is CCN(c1c(CO)c(C)nn1C)C(C)CN(C)C. The Labute approximate surface area is 110 Å². The van der Waals surface area contributed by atoms with Crippen LogP contribution in [0.1, 0.15) is 25.1 Å². The Hall–Kier alpha value is -1.07. The molecular weight excluding hydrogens is 228 g/mol. The number of hydrogen-bond donors (Lipinski definition) is 1. The summed E-state index contributed by atoms with van der Waals surface area (Å²) in [7, 11) is 6.09. The number of aliphatic hydroxyl groups excluding tert-OH is 1. The third-order valence-electron chi connectivity index (χ3n) is 3.25. The van der Waals surface area contributed by atoms with E-state index in [1.54, 1.807) is 0 Å². The van der Waals surface area contributed by atoms with E-state index in [2.05, 4.69) is 42.8 Å². The van der Waals surface area contributed by atoms with Crippen molar-refractivity contribution >= 4 is 5.82 Å². The lowest BCUT2D eigenvalue weighted by Crippen LogP contribution is -2.41. The van der Waals surface area contributed by atoms with Crippen LogP contribution in [-0.4, -0.2) is 53.0 Å². The molecule has 1 unspecified atom stereocenters. The molecule has 104 valence electrons. The molecule has 5 heteroatoms. The van der Waals surface area contributed by atoms with Crippen molar-refractivity contribution in [1.29, 1.82) is 0 Å². The highest BCUT2D eigenvalue weighted by atomic mass is 16.3. The molecule has 0 aromatic carbocycles. The number of nitrogens with zero attached hydrogens (tertiary/aromatic N) is 4. The first-order valence-corrected chi connectivity index (χ1v) is 6.47. The van der Waals surface area contributed by atoms with Crippen molar-refractivity contribution < 1.29 is 5.11 Å². The van der Waals surface area contributed by atoms with Gasteiger partial charge in [-0.2, -0.15) is 5.10 Å². The van der Waals surface area contributed by atoms with Gasteiger partial charge in [-0.25, -0.2) is 0 Å². The Kier molecular flexibility index (Phi) is 5.16. The van der Waals surface area contributed by atoms with E-state index < -0.39 is 0 Å². The van der Waals surface area contributed by atoms with Crippen molar-refractivity contribution in [2.24, 2.45) is 7.05 Å². The second-order valence-corrected chi connectivity index (χ2v) is 5.07. The fourth-order valence-corrected chi connectivity index (χ4v) is 2.53. The minimum atomic E-state index is 0.0419. The summed E-state index contributed by atoms with van der Waals surface area (Å²) in [5.41, 5.74) is 1.84. The van der Waals surface area contributed by atoms with E-state index in [0.29, 0.717) is 6.04 Å². The van der Waals surface area contributed by atoms with Gasteiger partial charge in [-0.3, -0.25) is 4.68 Å². The predicted octanol–water partition coefficient (Wildman–Crippen LogP) is 0.997. The first-order valence-electron chi connectivity index (χ1n) is 6.47. The van der Waals surface area contributed by atoms with Gasteiger partial charge in [-0.15, -0.1) is 0 Å². The zero-order valence-corrected chi connectivity index (χ0v) is 12.4. The van der Waals surface area contributed by atoms with Crippen molar-refractivity contribution in [3.63, 3.8) is 0 Å². The molecule has 0 spiro atoms. The van der Waals surface area contributed by atoms with Gasteiger partial charge in [0.1, 0.15) is 5.82 Å². The smallest absolute Gasteiger partial charge is 0.132 e. The topological polar surface area (TPSA) is 44.5 Å². The lowest BCUT2D eigenvalue weighted by atomic mass is 10.2. The number of likely N-dealkylation sites (N-methyl/N-ethyl adjacent to an activating group) is 2. The van der Waals surface area contributed by atoms with E-state index in [0.717, 1.165) is 30.2 Å². The fraction of sp³-hybridized carbons (Fsp3) is 0.769. The standard InChI is InChI=1S/C13H26N4O/c1-7-17(10(2)8-15(4)5)13-12(9-18)11(3)14-16(13)6/h10,18H,7-9H2,1-6H3. The largest absolute Gasteiger partial charge is 0.391 e. The molecule has 0 fully saturated rings. The van der Waals surface area contributed by atoms with Crippen LogP contribution >= 0.6 is 0 Å². The average molecular weight is 254 g/mol. The molecule has 1 rings (SSSR count). The summed E-state index contributed by atoms with van der Waals surface area (Å²) >= 11 is 0. The van der Waals surface area contributed by atoms with Crippen molar-refractivity contribution in [2.45, 2.75) is 33.4 Å². The van der Waals surface area contributed by atoms with Gasteiger partial charge in [0.2, 0.25) is 0 Å². The molecule has 0 saturated heterocycles. The van der Waals surface area contributed by atoms with Gasteiger partial charge in [0.15, 0.2) is 0 Å². The Balaban J connectivity index is 3.08. The number of aromatic nitrogens is 2. The maximum atomic E-state index is 9.53. The summed E-state index contributed by atoms with van der Waals surface area (Å²) in [5, 5.41) is 13.9. The zero-order chi connectivity index (χ0) is 13.9. The van der Waals surface area contributed by atoms with E-state index >= 15 is 0 Å². The van der Waals surface area contributed by atoms with Crippen LogP contribution in [0, 0.1) is 6.92 Å². The molecule has 0 amide bonds. The summed E-state index contributed by atoms with van der Waals surface area (Å²) < 4.78 is 1.87. The Morgan fingerprint density at radius 3 is 2.44 bits per heavy atom. The van der Waals surface area contributed by atoms with Gasteiger partial charge in [-0.05, 0) is 34.9 Å². The number of aryl methyl sites for hydroxylation is 2. The highest BCUT2D eigenvalue weighted by Crippen LogP contribution is 2.25. The van der Waals surface area contributed by atoms with Crippen LogP contribution in [0.25, 0.3) is 0 Å². The van der Waals surface area contributed by atoms with E-state index in [-0.39, 0.29) is 6.61 Å². The summed E-state index contributed by atoms with van der Waals surface area (Å²) in [6.07, 6.45) is 0. The summed E-state index contributed by atoms with van der Waals surface area (Å²) in [5.74, 6) is 1.03. The Bertz CT molecular complexity index is 387. The molecule has 0 radical (unpaired) electrons. The molecule has 0 aliphatic heterocycles. The predicted molar refractivity (Wildman–Crippen MR) is 74.9 cm³/mol. The van der Waals surface area contributed by atoms with Crippen LogP contribution in [0.15, 0.2) is 0 Å². The number of rotatable bonds is 6. The monoisotopic (exact) mass is 254 g/mol. The molecule has 1 N–H and O–H groups in total. The van der Waals surface area contributed by atoms with Crippen molar-refractivity contribution in [1.82, 2.24) is 14.7 Å². The van der Waals surface area contributed by atoms with E-state index in [4.69, 9.17) is 0 Å². The zero-order valence-electron chi connectivity index (χ0n) is 12.4. The van der Waals surface area contributed by atoms with Crippen LogP contribution < -0.4 is 4.90 Å². The first-order chi connectivity index (χ1) is 8.42. The normalized spacial score (nSPS) is 13.1. The molecule has 5 nitrogen and oxygen atoms in total. The Morgan fingerprint density at radius 1 is 1.39 bits per heavy atom. The van der Waals surface area contributed by atoms with Crippen molar-refractivity contribution in [3.8, 4) is 0 Å². The molecule has 18 heavy (non-hydrogen) atoms. The number of anilines is 1. The highest BCUT2D eigenvalue weighted by molar-refractivity contribution is 5.50. The summed E-state index contributed by atoms with van der Waals surface area (Å²) in [6.45, 7) is 8.20. The van der Waals surface area contributed by atoms with Gasteiger partial charge in [-0.1, -0.05) is 0 Å². The molecule has 0 aliphatic carbocycles. The molecular formula is C13H26N4O. The molecule has 0 bridgehead atoms. The van der Waals surface area contributed by atoms with Crippen LogP contribution in [-0.2, 0) is 13.7 Å². The molecule has 1 atom stereocenters. The second-order valence-electron chi connectivity index (χ2n) is 5.07. The van der Waals surface area contributed by atoms with Crippen LogP contribution in [0.3, 0.4) is 0 Å². The molecule has 1 heterocycles. The van der Waals surface area contributed by atoms with Gasteiger partial charge in [0.05, 0.1) is 12.3 Å². The molecule has 0 aliphatic rings. The van der Waals surface area contributed by atoms with Gasteiger partial charge < -0.3 is 14.9 Å². The van der Waals surface area contributed by atoms with Crippen molar-refractivity contribution in [2.75, 3.05) is 32.1 Å². The highest BCUT2D eigenvalue weighted by Gasteiger charge is 2.22. The second kappa shape index (κ2) is 6.20. The fourth-order valence-electron chi connectivity index (χ4n) is 2.53. The van der Waals surface area contributed by atoms with Crippen molar-refractivity contribution in [3.05, 3.63) is 11.3 Å². The molecule has 1 aromatic heterocycles. The minimum Gasteiger partial charge on any atom is -0.391 e. The van der Waals surface area contributed by atoms with E-state index in [1.807, 2.05) is 18.7 Å². The molecule has 1 aromatic rings. The quantitative estimate of drug-likeness (QED) is 0.822. The number of hydrogen-bond acceptors (Lipinski definition) is 4. The third kappa shape index (κ3) is 3.03. The number of aliphatic hydroxyl groups is 1. The van der Waals surface area contributed by atoms with E-state index in [1.165, 1.54) is 0 Å². The summed E-state index contributed by atoms with van der Waals surface area (Å²) in [4.78, 5) is 4.47. The first kappa shape index (κ1) is 15.0. The maximum absolute atomic E-state index is 9.53. The van der Waals surface area contributed by atoms with Crippen LogP contribution in [0.4, 0.5) is 5.82 Å². The van der Waals surface area contributed by atoms with Gasteiger partial charge >= 0.3 is 0 Å². The average Bonchev–Trinajstić information content (AvgIpc) is 2.54. The van der Waals surface area contributed by atoms with E-state index in [9.17, 15) is 5.11 Å². The van der Waals surface area contributed by atoms with Gasteiger partial charge in [0.25, 0.3) is 0 Å². The lowest BCUT2D eigenvalue weighted by molar-refractivity contribution is 0.280. The maximum Gasteiger partial charge on any atom is 0.132 e. The minimum absolute atomic E-state index is 0.0419. The van der Waals surface area contributed by atoms with Crippen LogP contribution in [0.5, 0.6) is 0 Å². The lowest BCUT2D eigenvalue weighted by Gasteiger charge is -2.32. The summed E-state index contributed by atoms with van der Waals surface area (Å²) in [6, 6.07) is 0.380. The third-order valence-corrected chi connectivity index (χ3v) is 3.25. The van der Waals surface area contributed by atoms with Gasteiger partial charge in [0, 0.05) is 31.7 Å². The Morgan fingerprint density at radius 2 is 2.00 bits per heavy atom.